The van der Waals surface area contributed by atoms with Gasteiger partial charge in [0, 0.05) is 12.1 Å². The van der Waals surface area contributed by atoms with Crippen LogP contribution in [0.25, 0.3) is 6.08 Å². The number of ether oxygens (including phenoxy) is 1. The number of hydrogen-bond donors (Lipinski definition) is 1. The molecule has 1 N–H and O–H groups in total. The van der Waals surface area contributed by atoms with Gasteiger partial charge in [-0.3, -0.25) is 4.79 Å². The summed E-state index contributed by atoms with van der Waals surface area (Å²) in [5, 5.41) is 2.70. The van der Waals surface area contributed by atoms with Crippen LogP contribution < -0.4 is 10.1 Å². The van der Waals surface area contributed by atoms with Crippen molar-refractivity contribution >= 4 is 12.0 Å². The average molecular weight is 255 g/mol. The van der Waals surface area contributed by atoms with E-state index in [1.54, 1.807) is 18.2 Å². The molecule has 0 fully saturated rings. The number of hydrogen-bond acceptors (Lipinski definition) is 2. The van der Waals surface area contributed by atoms with Crippen LogP contribution in [0.5, 0.6) is 5.75 Å². The molecule has 98 valence electrons. The van der Waals surface area contributed by atoms with Crippen LogP contribution in [-0.2, 0) is 4.79 Å². The first kappa shape index (κ1) is 14.2. The van der Waals surface area contributed by atoms with Gasteiger partial charge >= 0.3 is 6.61 Å². The summed E-state index contributed by atoms with van der Waals surface area (Å²) < 4.78 is 28.0. The Bertz CT molecular complexity index is 414. The van der Waals surface area contributed by atoms with E-state index in [0.29, 0.717) is 0 Å². The molecule has 0 aliphatic rings. The fourth-order valence-electron chi connectivity index (χ4n) is 1.26. The number of halogens is 2. The highest BCUT2D eigenvalue weighted by atomic mass is 19.3. The van der Waals surface area contributed by atoms with Crippen LogP contribution in [0.15, 0.2) is 30.3 Å². The van der Waals surface area contributed by atoms with Crippen molar-refractivity contribution in [2.75, 3.05) is 0 Å². The molecule has 1 rings (SSSR count). The minimum atomic E-state index is -2.83. The highest BCUT2D eigenvalue weighted by molar-refractivity contribution is 5.91. The SMILES string of the molecule is CC(C)NC(=O)/C=C/c1ccc(OC(F)F)cc1. The fraction of sp³-hybridized carbons (Fsp3) is 0.308. The first-order chi connectivity index (χ1) is 8.47. The zero-order valence-corrected chi connectivity index (χ0v) is 10.2. The van der Waals surface area contributed by atoms with E-state index < -0.39 is 6.61 Å². The third kappa shape index (κ3) is 5.43. The first-order valence-electron chi connectivity index (χ1n) is 5.51. The standard InChI is InChI=1S/C13H15F2NO2/c1-9(2)16-12(17)8-5-10-3-6-11(7-4-10)18-13(14)15/h3-9,13H,1-2H3,(H,16,17)/b8-5+. The highest BCUT2D eigenvalue weighted by Crippen LogP contribution is 2.15. The van der Waals surface area contributed by atoms with Crippen LogP contribution in [0.4, 0.5) is 8.78 Å². The van der Waals surface area contributed by atoms with Crippen molar-refractivity contribution in [2.45, 2.75) is 26.5 Å². The Kier molecular flexibility index (Phi) is 5.30. The predicted molar refractivity (Wildman–Crippen MR) is 65.4 cm³/mol. The molecule has 0 saturated carbocycles. The summed E-state index contributed by atoms with van der Waals surface area (Å²) in [6.45, 7) is 0.896. The molecule has 0 heterocycles. The van der Waals surface area contributed by atoms with E-state index in [4.69, 9.17) is 0 Å². The van der Waals surface area contributed by atoms with E-state index in [1.165, 1.54) is 18.2 Å². The summed E-state index contributed by atoms with van der Waals surface area (Å²) in [7, 11) is 0. The predicted octanol–water partition coefficient (Wildman–Crippen LogP) is 2.83. The molecule has 5 heteroatoms. The number of carbonyl (C=O) groups is 1. The van der Waals surface area contributed by atoms with Crippen LogP contribution in [0.3, 0.4) is 0 Å². The van der Waals surface area contributed by atoms with Gasteiger partial charge in [0.05, 0.1) is 0 Å². The van der Waals surface area contributed by atoms with E-state index in [0.717, 1.165) is 5.56 Å². The minimum Gasteiger partial charge on any atom is -0.435 e. The maximum Gasteiger partial charge on any atom is 0.387 e. The van der Waals surface area contributed by atoms with Crippen molar-refractivity contribution in [1.82, 2.24) is 5.32 Å². The molecule has 3 nitrogen and oxygen atoms in total. The molecule has 1 aromatic rings. The molecule has 0 saturated heterocycles. The third-order valence-corrected chi connectivity index (χ3v) is 1.96. The van der Waals surface area contributed by atoms with Crippen molar-refractivity contribution in [3.05, 3.63) is 35.9 Å². The lowest BCUT2D eigenvalue weighted by Gasteiger charge is -2.05. The average Bonchev–Trinajstić information content (AvgIpc) is 2.26. The summed E-state index contributed by atoms with van der Waals surface area (Å²) in [5.74, 6) is -0.105. The number of carbonyl (C=O) groups excluding carboxylic acids is 1. The number of alkyl halides is 2. The quantitative estimate of drug-likeness (QED) is 0.822. The zero-order chi connectivity index (χ0) is 13.5. The molecule has 0 aliphatic carbocycles. The van der Waals surface area contributed by atoms with Gasteiger partial charge in [-0.2, -0.15) is 8.78 Å². The Morgan fingerprint density at radius 1 is 1.28 bits per heavy atom. The van der Waals surface area contributed by atoms with E-state index in [1.807, 2.05) is 13.8 Å². The smallest absolute Gasteiger partial charge is 0.387 e. The molecule has 1 aromatic carbocycles. The van der Waals surface area contributed by atoms with Crippen LogP contribution in [0.2, 0.25) is 0 Å². The summed E-state index contributed by atoms with van der Waals surface area (Å²) in [5.41, 5.74) is 0.732. The van der Waals surface area contributed by atoms with Gasteiger partial charge in [0.25, 0.3) is 0 Å². The second kappa shape index (κ2) is 6.74. The summed E-state index contributed by atoms with van der Waals surface area (Å²) in [4.78, 5) is 11.3. The Hall–Kier alpha value is -1.91. The van der Waals surface area contributed by atoms with E-state index >= 15 is 0 Å². The third-order valence-electron chi connectivity index (χ3n) is 1.96. The Labute approximate surface area is 104 Å². The summed E-state index contributed by atoms with van der Waals surface area (Å²) in [6.07, 6.45) is 2.99. The lowest BCUT2D eigenvalue weighted by Crippen LogP contribution is -2.28. The maximum absolute atomic E-state index is 11.9. The van der Waals surface area contributed by atoms with E-state index in [2.05, 4.69) is 10.1 Å². The maximum atomic E-state index is 11.9. The number of nitrogens with one attached hydrogen (secondary N) is 1. The molecule has 0 atom stereocenters. The molecule has 0 aliphatic heterocycles. The highest BCUT2D eigenvalue weighted by Gasteiger charge is 2.03. The normalized spacial score (nSPS) is 11.2. The van der Waals surface area contributed by atoms with Gasteiger partial charge in [0.2, 0.25) is 5.91 Å². The largest absolute Gasteiger partial charge is 0.435 e. The number of benzene rings is 1. The minimum absolute atomic E-state index is 0.0731. The summed E-state index contributed by atoms with van der Waals surface area (Å²) in [6, 6.07) is 6.11. The van der Waals surface area contributed by atoms with Crippen molar-refractivity contribution in [3.8, 4) is 5.75 Å². The van der Waals surface area contributed by atoms with E-state index in [-0.39, 0.29) is 17.7 Å². The van der Waals surface area contributed by atoms with Gasteiger partial charge in [0.1, 0.15) is 5.75 Å². The number of amides is 1. The monoisotopic (exact) mass is 255 g/mol. The van der Waals surface area contributed by atoms with Crippen LogP contribution in [0.1, 0.15) is 19.4 Å². The second-order valence-electron chi connectivity index (χ2n) is 3.94. The Morgan fingerprint density at radius 2 is 1.89 bits per heavy atom. The van der Waals surface area contributed by atoms with Gasteiger partial charge in [-0.05, 0) is 37.6 Å². The van der Waals surface area contributed by atoms with Gasteiger partial charge in [-0.15, -0.1) is 0 Å². The van der Waals surface area contributed by atoms with Crippen molar-refractivity contribution in [2.24, 2.45) is 0 Å². The van der Waals surface area contributed by atoms with Crippen LogP contribution in [0, 0.1) is 0 Å². The van der Waals surface area contributed by atoms with E-state index in [9.17, 15) is 13.6 Å². The molecule has 0 aromatic heterocycles. The molecule has 0 radical (unpaired) electrons. The molecule has 0 bridgehead atoms. The second-order valence-corrected chi connectivity index (χ2v) is 3.94. The van der Waals surface area contributed by atoms with Crippen molar-refractivity contribution < 1.29 is 18.3 Å². The van der Waals surface area contributed by atoms with Crippen LogP contribution >= 0.6 is 0 Å². The molecule has 0 spiro atoms. The van der Waals surface area contributed by atoms with Crippen molar-refractivity contribution in [1.29, 1.82) is 0 Å². The van der Waals surface area contributed by atoms with Gasteiger partial charge in [-0.1, -0.05) is 12.1 Å². The molecular formula is C13H15F2NO2. The fourth-order valence-corrected chi connectivity index (χ4v) is 1.26. The molecular weight excluding hydrogens is 240 g/mol. The molecule has 0 unspecified atom stereocenters. The van der Waals surface area contributed by atoms with Crippen LogP contribution in [-0.4, -0.2) is 18.6 Å². The summed E-state index contributed by atoms with van der Waals surface area (Å²) >= 11 is 0. The zero-order valence-electron chi connectivity index (χ0n) is 10.2. The molecule has 1 amide bonds. The first-order valence-corrected chi connectivity index (χ1v) is 5.51. The Balaban J connectivity index is 2.58. The Morgan fingerprint density at radius 3 is 2.39 bits per heavy atom. The molecule has 18 heavy (non-hydrogen) atoms. The lowest BCUT2D eigenvalue weighted by molar-refractivity contribution is -0.116. The van der Waals surface area contributed by atoms with Gasteiger partial charge in [0.15, 0.2) is 0 Å². The van der Waals surface area contributed by atoms with Crippen molar-refractivity contribution in [3.63, 3.8) is 0 Å². The van der Waals surface area contributed by atoms with Gasteiger partial charge < -0.3 is 10.1 Å². The van der Waals surface area contributed by atoms with Gasteiger partial charge in [-0.25, -0.2) is 0 Å². The lowest BCUT2D eigenvalue weighted by atomic mass is 10.2. The topological polar surface area (TPSA) is 38.3 Å². The number of rotatable bonds is 5.